The third-order valence-corrected chi connectivity index (χ3v) is 9.39. The molecule has 0 bridgehead atoms. The van der Waals surface area contributed by atoms with Gasteiger partial charge in [-0.05, 0) is 25.3 Å². The molecule has 12 heteroatoms. The van der Waals surface area contributed by atoms with Gasteiger partial charge >= 0.3 is 0 Å². The smallest absolute Gasteiger partial charge is 0.265 e. The van der Waals surface area contributed by atoms with Crippen molar-refractivity contribution in [3.63, 3.8) is 0 Å². The van der Waals surface area contributed by atoms with Crippen molar-refractivity contribution in [1.82, 2.24) is 13.8 Å². The van der Waals surface area contributed by atoms with Crippen molar-refractivity contribution in [3.05, 3.63) is 18.0 Å². The summed E-state index contributed by atoms with van der Waals surface area (Å²) in [6, 6.07) is 0.939. The molecule has 29 heavy (non-hydrogen) atoms. The van der Waals surface area contributed by atoms with E-state index in [0.717, 1.165) is 0 Å². The Morgan fingerprint density at radius 3 is 2.31 bits per heavy atom. The van der Waals surface area contributed by atoms with E-state index >= 15 is 0 Å². The van der Waals surface area contributed by atoms with E-state index in [1.165, 1.54) is 26.0 Å². The lowest BCUT2D eigenvalue weighted by molar-refractivity contribution is -0.137. The molecule has 2 fully saturated rings. The molecule has 3 heterocycles. The summed E-state index contributed by atoms with van der Waals surface area (Å²) in [5.74, 6) is -1.11. The maximum absolute atomic E-state index is 12.9. The van der Waals surface area contributed by atoms with E-state index in [0.29, 0.717) is 19.3 Å². The molecule has 2 aliphatic rings. The number of aromatic nitrogens is 1. The molecule has 0 saturated carbocycles. The van der Waals surface area contributed by atoms with Crippen LogP contribution >= 0.6 is 0 Å². The summed E-state index contributed by atoms with van der Waals surface area (Å²) in [4.78, 5) is 25.6. The molecule has 1 atom stereocenters. The Kier molecular flexibility index (Phi) is 5.80. The van der Waals surface area contributed by atoms with Gasteiger partial charge in [0.1, 0.15) is 10.6 Å². The Morgan fingerprint density at radius 2 is 1.83 bits per heavy atom. The Labute approximate surface area is 170 Å². The van der Waals surface area contributed by atoms with Gasteiger partial charge in [0.25, 0.3) is 5.91 Å². The summed E-state index contributed by atoms with van der Waals surface area (Å²) in [7, 11) is -3.72. The molecule has 2 amide bonds. The van der Waals surface area contributed by atoms with E-state index < -0.39 is 25.8 Å². The first kappa shape index (κ1) is 21.8. The molecule has 0 spiro atoms. The number of piperidine rings is 1. The average Bonchev–Trinajstić information content (AvgIpc) is 3.23. The first-order chi connectivity index (χ1) is 13.4. The molecule has 2 aliphatic heterocycles. The van der Waals surface area contributed by atoms with Crippen LogP contribution in [0.4, 0.5) is 0 Å². The summed E-state index contributed by atoms with van der Waals surface area (Å²) in [5.41, 5.74) is 5.35. The maximum atomic E-state index is 12.9. The molecule has 0 radical (unpaired) electrons. The van der Waals surface area contributed by atoms with Crippen molar-refractivity contribution in [2.45, 2.75) is 30.2 Å². The molecule has 2 saturated heterocycles. The van der Waals surface area contributed by atoms with Gasteiger partial charge in [0.05, 0.1) is 11.5 Å². The van der Waals surface area contributed by atoms with Gasteiger partial charge in [0, 0.05) is 45.3 Å². The van der Waals surface area contributed by atoms with Gasteiger partial charge < -0.3 is 15.2 Å². The highest BCUT2D eigenvalue weighted by Gasteiger charge is 2.38. The normalized spacial score (nSPS) is 23.2. The molecule has 1 aromatic heterocycles. The Balaban J connectivity index is 1.64. The number of hydrogen-bond acceptors (Lipinski definition) is 6. The highest BCUT2D eigenvalue weighted by atomic mass is 32.2. The Morgan fingerprint density at radius 1 is 1.21 bits per heavy atom. The lowest BCUT2D eigenvalue weighted by Crippen LogP contribution is -2.46. The molecule has 1 aromatic rings. The molecule has 3 rings (SSSR count). The van der Waals surface area contributed by atoms with E-state index in [-0.39, 0.29) is 53.1 Å². The van der Waals surface area contributed by atoms with E-state index in [4.69, 9.17) is 5.73 Å². The van der Waals surface area contributed by atoms with E-state index in [2.05, 4.69) is 0 Å². The van der Waals surface area contributed by atoms with Crippen LogP contribution in [0.1, 0.15) is 29.8 Å². The van der Waals surface area contributed by atoms with Crippen molar-refractivity contribution in [3.8, 4) is 0 Å². The molecular weight excluding hydrogens is 420 g/mol. The quantitative estimate of drug-likeness (QED) is 0.626. The van der Waals surface area contributed by atoms with Crippen molar-refractivity contribution in [1.29, 1.82) is 0 Å². The van der Waals surface area contributed by atoms with Crippen LogP contribution in [-0.2, 0) is 31.7 Å². The van der Waals surface area contributed by atoms with Crippen molar-refractivity contribution < 1.29 is 26.4 Å². The van der Waals surface area contributed by atoms with Crippen LogP contribution in [0.25, 0.3) is 0 Å². The zero-order chi connectivity index (χ0) is 21.6. The molecule has 162 valence electrons. The minimum absolute atomic E-state index is 0.00754. The van der Waals surface area contributed by atoms with Gasteiger partial charge in [0.2, 0.25) is 15.9 Å². The fourth-order valence-corrected chi connectivity index (χ4v) is 7.28. The van der Waals surface area contributed by atoms with Crippen LogP contribution in [0.2, 0.25) is 0 Å². The van der Waals surface area contributed by atoms with Crippen molar-refractivity contribution >= 4 is 31.7 Å². The molecule has 0 aromatic carbocycles. The second-order valence-corrected chi connectivity index (χ2v) is 11.9. The molecule has 0 aliphatic carbocycles. The van der Waals surface area contributed by atoms with E-state index in [9.17, 15) is 26.4 Å². The van der Waals surface area contributed by atoms with E-state index in [1.807, 2.05) is 0 Å². The summed E-state index contributed by atoms with van der Waals surface area (Å²) < 4.78 is 51.7. The van der Waals surface area contributed by atoms with Crippen molar-refractivity contribution in [2.75, 3.05) is 31.6 Å². The number of rotatable bonds is 5. The van der Waals surface area contributed by atoms with Gasteiger partial charge in [0.15, 0.2) is 9.84 Å². The molecule has 2 N–H and O–H groups in total. The number of nitrogens with two attached hydrogens (primary N) is 1. The molecule has 0 unspecified atom stereocenters. The minimum atomic E-state index is -3.80. The zero-order valence-electron chi connectivity index (χ0n) is 16.4. The second kappa shape index (κ2) is 7.73. The summed E-state index contributed by atoms with van der Waals surface area (Å²) in [5, 5.41) is 0. The number of hydrogen-bond donors (Lipinski definition) is 1. The third-order valence-electron chi connectivity index (χ3n) is 5.78. The highest BCUT2D eigenvalue weighted by Crippen LogP contribution is 2.27. The minimum Gasteiger partial charge on any atom is -0.364 e. The second-order valence-electron chi connectivity index (χ2n) is 7.72. The first-order valence-corrected chi connectivity index (χ1v) is 12.6. The Hall–Kier alpha value is -1.92. The fourth-order valence-electron chi connectivity index (χ4n) is 3.96. The zero-order valence-corrected chi connectivity index (χ0v) is 18.1. The first-order valence-electron chi connectivity index (χ1n) is 9.36. The number of aryl methyl sites for hydroxylation is 1. The van der Waals surface area contributed by atoms with Gasteiger partial charge in [-0.3, -0.25) is 9.59 Å². The van der Waals surface area contributed by atoms with Gasteiger partial charge in [-0.1, -0.05) is 0 Å². The van der Waals surface area contributed by atoms with Crippen LogP contribution in [0, 0.1) is 5.92 Å². The average molecular weight is 447 g/mol. The standard InChI is InChI=1S/C17H26N4O6S2/c1-19-10-14(9-15(19)16(18)22)29(26,27)21-6-3-12(4-7-21)17(23)20(2)13-5-8-28(24,25)11-13/h9-10,12-13H,3-8,11H2,1-2H3,(H2,18,22)/t13-/m0/s1. The monoisotopic (exact) mass is 446 g/mol. The number of sulfone groups is 1. The summed E-state index contributed by atoms with van der Waals surface area (Å²) in [6.07, 6.45) is 2.50. The topological polar surface area (TPSA) is 140 Å². The SMILES string of the molecule is CN(C(=O)C1CCN(S(=O)(=O)c2cc(C(N)=O)n(C)c2)CC1)[C@H]1CCS(=O)(=O)C1. The number of carbonyl (C=O) groups excluding carboxylic acids is 2. The van der Waals surface area contributed by atoms with Gasteiger partial charge in [-0.25, -0.2) is 16.8 Å². The predicted octanol–water partition coefficient (Wildman–Crippen LogP) is -0.830. The van der Waals surface area contributed by atoms with Crippen LogP contribution in [0.15, 0.2) is 17.2 Å². The van der Waals surface area contributed by atoms with Crippen LogP contribution in [-0.4, -0.2) is 80.1 Å². The van der Waals surface area contributed by atoms with Gasteiger partial charge in [-0.2, -0.15) is 4.31 Å². The molecular formula is C17H26N4O6S2. The van der Waals surface area contributed by atoms with Crippen LogP contribution in [0.5, 0.6) is 0 Å². The van der Waals surface area contributed by atoms with E-state index in [1.54, 1.807) is 14.1 Å². The van der Waals surface area contributed by atoms with Crippen LogP contribution < -0.4 is 5.73 Å². The van der Waals surface area contributed by atoms with Crippen LogP contribution in [0.3, 0.4) is 0 Å². The largest absolute Gasteiger partial charge is 0.364 e. The number of carbonyl (C=O) groups is 2. The Bertz CT molecular complexity index is 1020. The number of primary amides is 1. The summed E-state index contributed by atoms with van der Waals surface area (Å²) in [6.45, 7) is 0.354. The van der Waals surface area contributed by atoms with Crippen molar-refractivity contribution in [2.24, 2.45) is 18.7 Å². The highest BCUT2D eigenvalue weighted by molar-refractivity contribution is 7.91. The fraction of sp³-hybridized carbons (Fsp3) is 0.647. The maximum Gasteiger partial charge on any atom is 0.265 e. The third kappa shape index (κ3) is 4.33. The lowest BCUT2D eigenvalue weighted by Gasteiger charge is -2.34. The number of sulfonamides is 1. The number of nitrogens with zero attached hydrogens (tertiary/aromatic N) is 3. The van der Waals surface area contributed by atoms with Gasteiger partial charge in [-0.15, -0.1) is 0 Å². The predicted molar refractivity (Wildman–Crippen MR) is 105 cm³/mol. The summed E-state index contributed by atoms with van der Waals surface area (Å²) >= 11 is 0. The lowest BCUT2D eigenvalue weighted by atomic mass is 9.96. The molecule has 10 nitrogen and oxygen atoms in total. The number of amides is 2.